The highest BCUT2D eigenvalue weighted by Gasteiger charge is 2.31. The Labute approximate surface area is 118 Å². The third-order valence-corrected chi connectivity index (χ3v) is 3.96. The molecule has 0 spiro atoms. The number of piperazine rings is 1. The summed E-state index contributed by atoms with van der Waals surface area (Å²) in [6.45, 7) is 6.12. The molecule has 0 bridgehead atoms. The highest BCUT2D eigenvalue weighted by molar-refractivity contribution is 7.80. The van der Waals surface area contributed by atoms with Crippen LogP contribution in [0.15, 0.2) is 6.07 Å². The fourth-order valence-electron chi connectivity index (χ4n) is 2.55. The molecule has 0 unspecified atom stereocenters. The summed E-state index contributed by atoms with van der Waals surface area (Å²) in [6.07, 6.45) is 2.74. The zero-order valence-electron chi connectivity index (χ0n) is 11.2. The number of nitrogens with two attached hydrogens (primary N) is 1. The quantitative estimate of drug-likeness (QED) is 0.821. The molecule has 0 radical (unpaired) electrons. The summed E-state index contributed by atoms with van der Waals surface area (Å²) in [5.41, 5.74) is 7.25. The van der Waals surface area contributed by atoms with Gasteiger partial charge in [0.15, 0.2) is 0 Å². The lowest BCUT2D eigenvalue weighted by molar-refractivity contribution is 0.247. The summed E-state index contributed by atoms with van der Waals surface area (Å²) in [5.74, 6) is 0.762. The minimum atomic E-state index is 0.336. The molecule has 1 aliphatic carbocycles. The smallest absolute Gasteiger partial charge is 0.226 e. The Balaban J connectivity index is 1.73. The first kappa shape index (κ1) is 12.7. The number of rotatable bonds is 3. The van der Waals surface area contributed by atoms with Gasteiger partial charge in [-0.2, -0.15) is 0 Å². The molecule has 19 heavy (non-hydrogen) atoms. The second kappa shape index (κ2) is 5.02. The molecule has 1 saturated carbocycles. The lowest BCUT2D eigenvalue weighted by Gasteiger charge is -2.35. The normalized spacial score (nSPS) is 20.6. The van der Waals surface area contributed by atoms with Gasteiger partial charge in [-0.3, -0.25) is 4.90 Å². The van der Waals surface area contributed by atoms with E-state index in [-0.39, 0.29) is 0 Å². The predicted molar refractivity (Wildman–Crippen MR) is 79.5 cm³/mol. The highest BCUT2D eigenvalue weighted by Crippen LogP contribution is 2.28. The van der Waals surface area contributed by atoms with Gasteiger partial charge in [-0.25, -0.2) is 9.97 Å². The Morgan fingerprint density at radius 1 is 1.26 bits per heavy atom. The molecule has 2 N–H and O–H groups in total. The highest BCUT2D eigenvalue weighted by atomic mass is 32.1. The number of thiocarbonyl (C=S) groups is 1. The van der Waals surface area contributed by atoms with E-state index in [0.717, 1.165) is 43.9 Å². The van der Waals surface area contributed by atoms with E-state index in [2.05, 4.69) is 19.8 Å². The lowest BCUT2D eigenvalue weighted by atomic mass is 10.3. The number of hydrogen-bond donors (Lipinski definition) is 1. The first-order valence-electron chi connectivity index (χ1n) is 6.78. The first-order valence-corrected chi connectivity index (χ1v) is 7.19. The van der Waals surface area contributed by atoms with Crippen molar-refractivity contribution in [1.82, 2.24) is 14.9 Å². The zero-order chi connectivity index (χ0) is 13.4. The van der Waals surface area contributed by atoms with Crippen LogP contribution in [0.5, 0.6) is 0 Å². The Morgan fingerprint density at radius 2 is 1.95 bits per heavy atom. The van der Waals surface area contributed by atoms with Crippen LogP contribution in [0.4, 0.5) is 5.95 Å². The minimum absolute atomic E-state index is 0.336. The average Bonchev–Trinajstić information content (AvgIpc) is 3.22. The SMILES string of the molecule is Cc1cc(C(N)=S)nc(N2CCN(C3CC3)CC2)n1. The standard InChI is InChI=1S/C13H19N5S/c1-9-8-11(12(14)19)16-13(15-9)18-6-4-17(5-7-18)10-2-3-10/h8,10H,2-7H2,1H3,(H2,14,19). The van der Waals surface area contributed by atoms with Crippen LogP contribution in [0.2, 0.25) is 0 Å². The molecule has 0 amide bonds. The van der Waals surface area contributed by atoms with Crippen LogP contribution in [0.1, 0.15) is 24.2 Å². The monoisotopic (exact) mass is 277 g/mol. The Hall–Kier alpha value is -1.27. The number of nitrogens with zero attached hydrogens (tertiary/aromatic N) is 4. The second-order valence-electron chi connectivity index (χ2n) is 5.31. The van der Waals surface area contributed by atoms with Crippen LogP contribution in [0.25, 0.3) is 0 Å². The maximum absolute atomic E-state index is 5.67. The van der Waals surface area contributed by atoms with E-state index in [1.165, 1.54) is 12.8 Å². The van der Waals surface area contributed by atoms with Crippen molar-refractivity contribution in [3.63, 3.8) is 0 Å². The largest absolute Gasteiger partial charge is 0.388 e. The van der Waals surface area contributed by atoms with Crippen molar-refractivity contribution >= 4 is 23.2 Å². The lowest BCUT2D eigenvalue weighted by Crippen LogP contribution is -2.47. The van der Waals surface area contributed by atoms with Crippen LogP contribution < -0.4 is 10.6 Å². The van der Waals surface area contributed by atoms with Crippen molar-refractivity contribution in [2.75, 3.05) is 31.1 Å². The van der Waals surface area contributed by atoms with Gasteiger partial charge in [-0.05, 0) is 25.8 Å². The van der Waals surface area contributed by atoms with Crippen molar-refractivity contribution in [2.45, 2.75) is 25.8 Å². The molecule has 2 fully saturated rings. The van der Waals surface area contributed by atoms with E-state index >= 15 is 0 Å². The maximum Gasteiger partial charge on any atom is 0.226 e. The van der Waals surface area contributed by atoms with Gasteiger partial charge in [-0.15, -0.1) is 0 Å². The third kappa shape index (κ3) is 2.84. The zero-order valence-corrected chi connectivity index (χ0v) is 12.0. The van der Waals surface area contributed by atoms with Crippen LogP contribution in [0, 0.1) is 6.92 Å². The summed E-state index contributed by atoms with van der Waals surface area (Å²) in [7, 11) is 0. The first-order chi connectivity index (χ1) is 9.13. The van der Waals surface area contributed by atoms with Crippen LogP contribution in [0.3, 0.4) is 0 Å². The van der Waals surface area contributed by atoms with Crippen molar-refractivity contribution in [3.05, 3.63) is 17.5 Å². The number of aryl methyl sites for hydroxylation is 1. The van der Waals surface area contributed by atoms with E-state index in [4.69, 9.17) is 18.0 Å². The summed E-state index contributed by atoms with van der Waals surface area (Å²) < 4.78 is 0. The molecular weight excluding hydrogens is 258 g/mol. The van der Waals surface area contributed by atoms with Crippen LogP contribution in [-0.4, -0.2) is 52.1 Å². The molecule has 1 saturated heterocycles. The number of hydrogen-bond acceptors (Lipinski definition) is 5. The fourth-order valence-corrected chi connectivity index (χ4v) is 2.65. The molecule has 5 nitrogen and oxygen atoms in total. The molecule has 3 rings (SSSR count). The van der Waals surface area contributed by atoms with Crippen LogP contribution in [-0.2, 0) is 0 Å². The number of aromatic nitrogens is 2. The molecule has 1 aromatic rings. The van der Waals surface area contributed by atoms with E-state index in [1.807, 2.05) is 13.0 Å². The molecule has 102 valence electrons. The van der Waals surface area contributed by atoms with Crippen molar-refractivity contribution in [3.8, 4) is 0 Å². The molecular formula is C13H19N5S. The van der Waals surface area contributed by atoms with Gasteiger partial charge in [-0.1, -0.05) is 12.2 Å². The molecule has 6 heteroatoms. The minimum Gasteiger partial charge on any atom is -0.388 e. The second-order valence-corrected chi connectivity index (χ2v) is 5.75. The fraction of sp³-hybridized carbons (Fsp3) is 0.615. The Bertz CT molecular complexity index is 492. The third-order valence-electron chi connectivity index (χ3n) is 3.76. The van der Waals surface area contributed by atoms with Crippen molar-refractivity contribution in [2.24, 2.45) is 5.73 Å². The summed E-state index contributed by atoms with van der Waals surface area (Å²) >= 11 is 5.00. The topological polar surface area (TPSA) is 58.3 Å². The molecule has 0 atom stereocenters. The van der Waals surface area contributed by atoms with Gasteiger partial charge in [0.1, 0.15) is 10.7 Å². The van der Waals surface area contributed by atoms with Gasteiger partial charge >= 0.3 is 0 Å². The van der Waals surface area contributed by atoms with Gasteiger partial charge in [0.2, 0.25) is 5.95 Å². The van der Waals surface area contributed by atoms with Gasteiger partial charge < -0.3 is 10.6 Å². The molecule has 2 heterocycles. The molecule has 0 aromatic carbocycles. The van der Waals surface area contributed by atoms with E-state index in [9.17, 15) is 0 Å². The molecule has 2 aliphatic rings. The van der Waals surface area contributed by atoms with Gasteiger partial charge in [0.25, 0.3) is 0 Å². The predicted octanol–water partition coefficient (Wildman–Crippen LogP) is 0.704. The van der Waals surface area contributed by atoms with Crippen LogP contribution >= 0.6 is 12.2 Å². The average molecular weight is 277 g/mol. The van der Waals surface area contributed by atoms with Gasteiger partial charge in [0.05, 0.1) is 0 Å². The van der Waals surface area contributed by atoms with Crippen molar-refractivity contribution < 1.29 is 0 Å². The van der Waals surface area contributed by atoms with E-state index in [0.29, 0.717) is 10.7 Å². The summed E-state index contributed by atoms with van der Waals surface area (Å²) in [4.78, 5) is 14.1. The molecule has 1 aromatic heterocycles. The van der Waals surface area contributed by atoms with E-state index < -0.39 is 0 Å². The molecule has 1 aliphatic heterocycles. The van der Waals surface area contributed by atoms with E-state index in [1.54, 1.807) is 0 Å². The summed E-state index contributed by atoms with van der Waals surface area (Å²) in [6, 6.07) is 2.68. The van der Waals surface area contributed by atoms with Crippen molar-refractivity contribution in [1.29, 1.82) is 0 Å². The number of anilines is 1. The summed E-state index contributed by atoms with van der Waals surface area (Å²) in [5, 5.41) is 0. The Morgan fingerprint density at radius 3 is 2.53 bits per heavy atom. The Kier molecular flexibility index (Phi) is 3.36. The van der Waals surface area contributed by atoms with Gasteiger partial charge in [0, 0.05) is 37.9 Å². The maximum atomic E-state index is 5.67.